The van der Waals surface area contributed by atoms with Gasteiger partial charge in [0.05, 0.1) is 27.9 Å². The highest BCUT2D eigenvalue weighted by atomic mass is 35.5. The van der Waals surface area contributed by atoms with Gasteiger partial charge in [-0.1, -0.05) is 53.0 Å². The van der Waals surface area contributed by atoms with Crippen molar-refractivity contribution >= 4 is 64.4 Å². The van der Waals surface area contributed by atoms with Crippen LogP contribution in [0.4, 0.5) is 14.9 Å². The zero-order valence-corrected chi connectivity index (χ0v) is 22.0. The standard InChI is InChI=1S/C26H19Cl3FN3O5/c1-37-22-11-15(9-18(29)24(22)38-13-14-6-7-16(27)17(28)8-14)10-21-25(35)33(26(36)32-21)12-23(34)31-20-5-3-2-4-19(20)30/h2-11H,12-13H2,1H3,(H,31,34)(H,32,36)/b21-10+. The number of methoxy groups -OCH3 is 1. The molecule has 2 N–H and O–H groups in total. The second-order valence-electron chi connectivity index (χ2n) is 7.98. The van der Waals surface area contributed by atoms with E-state index in [0.717, 1.165) is 5.56 Å². The normalized spacial score (nSPS) is 14.0. The summed E-state index contributed by atoms with van der Waals surface area (Å²) in [7, 11) is 1.42. The van der Waals surface area contributed by atoms with Crippen LogP contribution >= 0.6 is 34.8 Å². The molecule has 0 aliphatic carbocycles. The van der Waals surface area contributed by atoms with Gasteiger partial charge in [-0.15, -0.1) is 0 Å². The Labute approximate surface area is 231 Å². The highest BCUT2D eigenvalue weighted by Crippen LogP contribution is 2.38. The number of nitrogens with one attached hydrogen (secondary N) is 2. The molecule has 0 spiro atoms. The molecule has 3 aromatic carbocycles. The van der Waals surface area contributed by atoms with E-state index in [1.807, 2.05) is 0 Å². The van der Waals surface area contributed by atoms with Crippen molar-refractivity contribution in [2.24, 2.45) is 0 Å². The maximum Gasteiger partial charge on any atom is 0.329 e. The van der Waals surface area contributed by atoms with Crippen LogP contribution in [-0.4, -0.2) is 36.4 Å². The maximum atomic E-state index is 13.8. The molecule has 1 aliphatic rings. The van der Waals surface area contributed by atoms with Crippen LogP contribution in [0.2, 0.25) is 15.1 Å². The second kappa shape index (κ2) is 11.7. The predicted octanol–water partition coefficient (Wildman–Crippen LogP) is 5.90. The summed E-state index contributed by atoms with van der Waals surface area (Å²) in [4.78, 5) is 38.2. The molecule has 8 nitrogen and oxygen atoms in total. The Hall–Kier alpha value is -3.79. The number of urea groups is 1. The lowest BCUT2D eigenvalue weighted by Gasteiger charge is -2.14. The fourth-order valence-electron chi connectivity index (χ4n) is 3.53. The van der Waals surface area contributed by atoms with Gasteiger partial charge in [-0.2, -0.15) is 0 Å². The first-order valence-electron chi connectivity index (χ1n) is 11.0. The van der Waals surface area contributed by atoms with E-state index in [9.17, 15) is 18.8 Å². The molecule has 1 heterocycles. The molecule has 1 saturated heterocycles. The third kappa shape index (κ3) is 6.19. The molecule has 1 fully saturated rings. The van der Waals surface area contributed by atoms with Crippen LogP contribution in [0.1, 0.15) is 11.1 Å². The Bertz CT molecular complexity index is 1460. The summed E-state index contributed by atoms with van der Waals surface area (Å²) >= 11 is 18.4. The average molecular weight is 579 g/mol. The van der Waals surface area contributed by atoms with E-state index in [1.165, 1.54) is 43.5 Å². The topological polar surface area (TPSA) is 97.0 Å². The molecule has 0 bridgehead atoms. The number of halogens is 4. The van der Waals surface area contributed by atoms with Gasteiger partial charge in [-0.05, 0) is 53.6 Å². The highest BCUT2D eigenvalue weighted by molar-refractivity contribution is 6.42. The van der Waals surface area contributed by atoms with E-state index >= 15 is 0 Å². The molecular formula is C26H19Cl3FN3O5. The van der Waals surface area contributed by atoms with Crippen LogP contribution in [0.15, 0.2) is 60.3 Å². The Morgan fingerprint density at radius 3 is 2.53 bits per heavy atom. The van der Waals surface area contributed by atoms with Crippen molar-refractivity contribution in [3.05, 3.63) is 92.3 Å². The lowest BCUT2D eigenvalue weighted by Crippen LogP contribution is -2.38. The zero-order valence-electron chi connectivity index (χ0n) is 19.7. The van der Waals surface area contributed by atoms with Crippen molar-refractivity contribution in [1.82, 2.24) is 10.2 Å². The van der Waals surface area contributed by atoms with Crippen LogP contribution in [0.3, 0.4) is 0 Å². The molecule has 0 unspecified atom stereocenters. The van der Waals surface area contributed by atoms with E-state index < -0.39 is 30.2 Å². The smallest absolute Gasteiger partial charge is 0.329 e. The summed E-state index contributed by atoms with van der Waals surface area (Å²) in [5, 5.41) is 5.74. The van der Waals surface area contributed by atoms with E-state index in [0.29, 0.717) is 20.5 Å². The molecule has 4 rings (SSSR count). The summed E-state index contributed by atoms with van der Waals surface area (Å²) in [5.74, 6) is -1.59. The van der Waals surface area contributed by atoms with Gasteiger partial charge in [0.15, 0.2) is 11.5 Å². The number of nitrogens with zero attached hydrogens (tertiary/aromatic N) is 1. The maximum absolute atomic E-state index is 13.8. The first kappa shape index (κ1) is 27.3. The predicted molar refractivity (Wildman–Crippen MR) is 142 cm³/mol. The summed E-state index contributed by atoms with van der Waals surface area (Å²) in [6.45, 7) is -0.478. The van der Waals surface area contributed by atoms with E-state index in [1.54, 1.807) is 24.3 Å². The first-order valence-corrected chi connectivity index (χ1v) is 12.1. The Kier molecular flexibility index (Phi) is 8.41. The SMILES string of the molecule is COc1cc(/C=C2/NC(=O)N(CC(=O)Nc3ccccc3F)C2=O)cc(Cl)c1OCc1ccc(Cl)c(Cl)c1. The number of ether oxygens (including phenoxy) is 2. The number of hydrogen-bond acceptors (Lipinski definition) is 5. The van der Waals surface area contributed by atoms with E-state index in [2.05, 4.69) is 10.6 Å². The molecule has 0 aromatic heterocycles. The molecule has 0 radical (unpaired) electrons. The molecule has 12 heteroatoms. The van der Waals surface area contributed by atoms with Crippen LogP contribution in [0, 0.1) is 5.82 Å². The lowest BCUT2D eigenvalue weighted by atomic mass is 10.1. The van der Waals surface area contributed by atoms with Crippen molar-refractivity contribution in [3.63, 3.8) is 0 Å². The monoisotopic (exact) mass is 577 g/mol. The summed E-state index contributed by atoms with van der Waals surface area (Å²) in [6, 6.07) is 12.9. The van der Waals surface area contributed by atoms with Gasteiger partial charge in [-0.3, -0.25) is 9.59 Å². The molecule has 38 heavy (non-hydrogen) atoms. The van der Waals surface area contributed by atoms with Crippen LogP contribution in [0.25, 0.3) is 6.08 Å². The van der Waals surface area contributed by atoms with Crippen molar-refractivity contribution in [2.75, 3.05) is 19.0 Å². The zero-order chi connectivity index (χ0) is 27.4. The van der Waals surface area contributed by atoms with E-state index in [-0.39, 0.29) is 34.5 Å². The largest absolute Gasteiger partial charge is 0.493 e. The Morgan fingerprint density at radius 2 is 1.82 bits per heavy atom. The molecular weight excluding hydrogens is 560 g/mol. The first-order chi connectivity index (χ1) is 18.2. The van der Waals surface area contributed by atoms with Gasteiger partial charge >= 0.3 is 6.03 Å². The van der Waals surface area contributed by atoms with Gasteiger partial charge in [-0.25, -0.2) is 14.1 Å². The van der Waals surface area contributed by atoms with Crippen LogP contribution < -0.4 is 20.1 Å². The average Bonchev–Trinajstić information content (AvgIpc) is 3.13. The number of anilines is 1. The molecule has 4 amide bonds. The molecule has 1 aliphatic heterocycles. The van der Waals surface area contributed by atoms with Crippen LogP contribution in [0.5, 0.6) is 11.5 Å². The molecule has 0 saturated carbocycles. The number of rotatable bonds is 8. The fourth-order valence-corrected chi connectivity index (χ4v) is 4.12. The van der Waals surface area contributed by atoms with E-state index in [4.69, 9.17) is 44.3 Å². The van der Waals surface area contributed by atoms with Crippen molar-refractivity contribution in [2.45, 2.75) is 6.61 Å². The third-order valence-electron chi connectivity index (χ3n) is 5.34. The van der Waals surface area contributed by atoms with Crippen molar-refractivity contribution in [3.8, 4) is 11.5 Å². The number of imide groups is 1. The van der Waals surface area contributed by atoms with Gasteiger partial charge in [0.25, 0.3) is 5.91 Å². The quantitative estimate of drug-likeness (QED) is 0.256. The lowest BCUT2D eigenvalue weighted by molar-refractivity contribution is -0.127. The summed E-state index contributed by atoms with van der Waals surface area (Å²) < 4.78 is 25.0. The molecule has 3 aromatic rings. The molecule has 196 valence electrons. The second-order valence-corrected chi connectivity index (χ2v) is 9.20. The summed E-state index contributed by atoms with van der Waals surface area (Å²) in [6.07, 6.45) is 1.38. The minimum Gasteiger partial charge on any atom is -0.493 e. The Morgan fingerprint density at radius 1 is 1.05 bits per heavy atom. The van der Waals surface area contributed by atoms with Gasteiger partial charge in [0.2, 0.25) is 5.91 Å². The minimum absolute atomic E-state index is 0.0662. The van der Waals surface area contributed by atoms with Crippen molar-refractivity contribution in [1.29, 1.82) is 0 Å². The number of hydrogen-bond donors (Lipinski definition) is 2. The van der Waals surface area contributed by atoms with Gasteiger partial charge < -0.3 is 20.1 Å². The van der Waals surface area contributed by atoms with Crippen molar-refractivity contribution < 1.29 is 28.2 Å². The Balaban J connectivity index is 1.47. The fraction of sp³-hybridized carbons (Fsp3) is 0.115. The number of para-hydroxylation sites is 1. The molecule has 0 atom stereocenters. The summed E-state index contributed by atoms with van der Waals surface area (Å²) in [5.41, 5.74) is 1.02. The minimum atomic E-state index is -0.801. The van der Waals surface area contributed by atoms with Gasteiger partial charge in [0, 0.05) is 0 Å². The number of amides is 4. The number of carbonyl (C=O) groups is 3. The third-order valence-corrected chi connectivity index (χ3v) is 6.36. The number of carbonyl (C=O) groups excluding carboxylic acids is 3. The van der Waals surface area contributed by atoms with Crippen LogP contribution in [-0.2, 0) is 16.2 Å². The highest BCUT2D eigenvalue weighted by Gasteiger charge is 2.35. The number of benzene rings is 3. The van der Waals surface area contributed by atoms with Gasteiger partial charge in [0.1, 0.15) is 24.7 Å².